The summed E-state index contributed by atoms with van der Waals surface area (Å²) in [6.07, 6.45) is 1.31. The van der Waals surface area contributed by atoms with Gasteiger partial charge < -0.3 is 9.73 Å². The Labute approximate surface area is 157 Å². The SMILES string of the molecule is CCC(C)C.CCNC(=O)c1cc(C(C)=O)oc1C(C)c1ccccc1. The fourth-order valence-electron chi connectivity index (χ4n) is 2.23. The van der Waals surface area contributed by atoms with E-state index in [-0.39, 0.29) is 23.4 Å². The first-order valence-electron chi connectivity index (χ1n) is 9.29. The molecule has 1 atom stereocenters. The van der Waals surface area contributed by atoms with E-state index in [2.05, 4.69) is 26.1 Å². The number of furan rings is 1. The summed E-state index contributed by atoms with van der Waals surface area (Å²) in [5, 5.41) is 2.75. The summed E-state index contributed by atoms with van der Waals surface area (Å²) in [5.41, 5.74) is 1.46. The van der Waals surface area contributed by atoms with Gasteiger partial charge in [-0.15, -0.1) is 0 Å². The molecule has 1 N–H and O–H groups in total. The Kier molecular flexibility index (Phi) is 8.83. The lowest BCUT2D eigenvalue weighted by atomic mass is 9.96. The van der Waals surface area contributed by atoms with Gasteiger partial charge in [-0.1, -0.05) is 64.4 Å². The van der Waals surface area contributed by atoms with Crippen LogP contribution in [-0.4, -0.2) is 18.2 Å². The molecule has 26 heavy (non-hydrogen) atoms. The van der Waals surface area contributed by atoms with Crippen molar-refractivity contribution in [2.24, 2.45) is 5.92 Å². The number of carbonyl (C=O) groups excluding carboxylic acids is 2. The molecule has 0 aliphatic heterocycles. The number of amides is 1. The van der Waals surface area contributed by atoms with Gasteiger partial charge >= 0.3 is 0 Å². The van der Waals surface area contributed by atoms with Crippen LogP contribution >= 0.6 is 0 Å². The van der Waals surface area contributed by atoms with Crippen molar-refractivity contribution < 1.29 is 14.0 Å². The first-order valence-corrected chi connectivity index (χ1v) is 9.29. The van der Waals surface area contributed by atoms with Gasteiger partial charge in [0.2, 0.25) is 0 Å². The van der Waals surface area contributed by atoms with Crippen LogP contribution < -0.4 is 5.32 Å². The van der Waals surface area contributed by atoms with Crippen molar-refractivity contribution in [1.29, 1.82) is 0 Å². The second-order valence-electron chi connectivity index (χ2n) is 6.74. The third-order valence-electron chi connectivity index (χ3n) is 4.20. The van der Waals surface area contributed by atoms with Crippen molar-refractivity contribution >= 4 is 11.7 Å². The molecule has 0 radical (unpaired) electrons. The third-order valence-corrected chi connectivity index (χ3v) is 4.20. The molecule has 0 aliphatic rings. The first-order chi connectivity index (χ1) is 12.3. The molecule has 0 fully saturated rings. The lowest BCUT2D eigenvalue weighted by molar-refractivity contribution is 0.0950. The predicted octanol–water partition coefficient (Wildman–Crippen LogP) is 5.44. The van der Waals surface area contributed by atoms with E-state index in [1.54, 1.807) is 0 Å². The first kappa shape index (κ1) is 21.7. The average molecular weight is 357 g/mol. The van der Waals surface area contributed by atoms with Crippen LogP contribution in [0, 0.1) is 5.92 Å². The number of ketones is 1. The van der Waals surface area contributed by atoms with Crippen molar-refractivity contribution in [3.05, 3.63) is 59.0 Å². The van der Waals surface area contributed by atoms with Gasteiger partial charge in [-0.3, -0.25) is 9.59 Å². The van der Waals surface area contributed by atoms with Crippen molar-refractivity contribution in [1.82, 2.24) is 5.32 Å². The smallest absolute Gasteiger partial charge is 0.254 e. The molecule has 1 unspecified atom stereocenters. The molecule has 142 valence electrons. The van der Waals surface area contributed by atoms with Crippen LogP contribution in [0.15, 0.2) is 40.8 Å². The van der Waals surface area contributed by atoms with Gasteiger partial charge in [-0.25, -0.2) is 0 Å². The summed E-state index contributed by atoms with van der Waals surface area (Å²) < 4.78 is 5.65. The van der Waals surface area contributed by atoms with E-state index in [1.807, 2.05) is 44.2 Å². The fraction of sp³-hybridized carbons (Fsp3) is 0.455. The molecule has 1 heterocycles. The molecule has 2 aromatic rings. The van der Waals surface area contributed by atoms with E-state index in [4.69, 9.17) is 4.42 Å². The van der Waals surface area contributed by atoms with Crippen molar-refractivity contribution in [3.63, 3.8) is 0 Å². The zero-order chi connectivity index (χ0) is 19.7. The molecule has 0 saturated carbocycles. The molecule has 4 nitrogen and oxygen atoms in total. The summed E-state index contributed by atoms with van der Waals surface area (Å²) in [6, 6.07) is 11.3. The third kappa shape index (κ3) is 6.17. The Balaban J connectivity index is 0.000000597. The highest BCUT2D eigenvalue weighted by molar-refractivity contribution is 5.99. The van der Waals surface area contributed by atoms with Crippen LogP contribution in [0.4, 0.5) is 0 Å². The number of hydrogen-bond donors (Lipinski definition) is 1. The highest BCUT2D eigenvalue weighted by Crippen LogP contribution is 2.29. The van der Waals surface area contributed by atoms with Crippen LogP contribution in [0.1, 0.15) is 86.1 Å². The number of rotatable bonds is 6. The quantitative estimate of drug-likeness (QED) is 0.701. The highest BCUT2D eigenvalue weighted by atomic mass is 16.3. The minimum Gasteiger partial charge on any atom is -0.456 e. The van der Waals surface area contributed by atoms with E-state index < -0.39 is 0 Å². The van der Waals surface area contributed by atoms with Crippen LogP contribution in [0.25, 0.3) is 0 Å². The second kappa shape index (κ2) is 10.6. The summed E-state index contributed by atoms with van der Waals surface area (Å²) in [6.45, 7) is 12.4. The Morgan fingerprint density at radius 2 is 1.65 bits per heavy atom. The maximum Gasteiger partial charge on any atom is 0.254 e. The lowest BCUT2D eigenvalue weighted by Crippen LogP contribution is -2.23. The number of nitrogens with one attached hydrogen (secondary N) is 1. The minimum absolute atomic E-state index is 0.100. The van der Waals surface area contributed by atoms with Crippen LogP contribution in [0.3, 0.4) is 0 Å². The van der Waals surface area contributed by atoms with Crippen molar-refractivity contribution in [2.45, 2.75) is 53.9 Å². The Morgan fingerprint density at radius 1 is 1.08 bits per heavy atom. The van der Waals surface area contributed by atoms with Gasteiger partial charge in [-0.05, 0) is 18.4 Å². The largest absolute Gasteiger partial charge is 0.456 e. The van der Waals surface area contributed by atoms with E-state index in [9.17, 15) is 9.59 Å². The van der Waals surface area contributed by atoms with E-state index in [0.29, 0.717) is 17.9 Å². The monoisotopic (exact) mass is 357 g/mol. The molecule has 1 amide bonds. The summed E-state index contributed by atoms with van der Waals surface area (Å²) in [5.74, 6) is 1.12. The van der Waals surface area contributed by atoms with E-state index >= 15 is 0 Å². The Morgan fingerprint density at radius 3 is 2.12 bits per heavy atom. The molecule has 0 aliphatic carbocycles. The van der Waals surface area contributed by atoms with Crippen molar-refractivity contribution in [2.75, 3.05) is 6.54 Å². The summed E-state index contributed by atoms with van der Waals surface area (Å²) >= 11 is 0. The Bertz CT molecular complexity index is 701. The maximum atomic E-state index is 12.2. The average Bonchev–Trinajstić information content (AvgIpc) is 3.08. The van der Waals surface area contributed by atoms with E-state index in [0.717, 1.165) is 11.5 Å². The highest BCUT2D eigenvalue weighted by Gasteiger charge is 2.24. The van der Waals surface area contributed by atoms with Gasteiger partial charge in [0.05, 0.1) is 5.56 Å². The molecule has 0 bridgehead atoms. The predicted molar refractivity (Wildman–Crippen MR) is 106 cm³/mol. The van der Waals surface area contributed by atoms with E-state index in [1.165, 1.54) is 19.4 Å². The number of hydrogen-bond acceptors (Lipinski definition) is 3. The van der Waals surface area contributed by atoms with Crippen molar-refractivity contribution in [3.8, 4) is 0 Å². The van der Waals surface area contributed by atoms with Gasteiger partial charge in [0.15, 0.2) is 11.5 Å². The van der Waals surface area contributed by atoms with Crippen LogP contribution in [0.5, 0.6) is 0 Å². The molecule has 0 spiro atoms. The van der Waals surface area contributed by atoms with Crippen LogP contribution in [-0.2, 0) is 0 Å². The molecular formula is C22H31NO3. The molecular weight excluding hydrogens is 326 g/mol. The zero-order valence-corrected chi connectivity index (χ0v) is 16.8. The van der Waals surface area contributed by atoms with Gasteiger partial charge in [-0.2, -0.15) is 0 Å². The standard InChI is InChI=1S/C17H19NO3.C5H12/c1-4-18-17(20)14-10-15(12(3)19)21-16(14)11(2)13-8-6-5-7-9-13;1-4-5(2)3/h5-11H,4H2,1-3H3,(H,18,20);5H,4H2,1-3H3. The Hall–Kier alpha value is -2.36. The fourth-order valence-corrected chi connectivity index (χ4v) is 2.23. The lowest BCUT2D eigenvalue weighted by Gasteiger charge is -2.11. The van der Waals surface area contributed by atoms with Crippen LogP contribution in [0.2, 0.25) is 0 Å². The maximum absolute atomic E-state index is 12.2. The number of Topliss-reactive ketones (excluding diaryl/α,β-unsaturated/α-hetero) is 1. The summed E-state index contributed by atoms with van der Waals surface area (Å²) in [7, 11) is 0. The van der Waals surface area contributed by atoms with Gasteiger partial charge in [0, 0.05) is 25.5 Å². The molecule has 0 saturated heterocycles. The zero-order valence-electron chi connectivity index (χ0n) is 16.8. The normalized spacial score (nSPS) is 11.5. The second-order valence-corrected chi connectivity index (χ2v) is 6.74. The number of carbonyl (C=O) groups is 2. The summed E-state index contributed by atoms with van der Waals surface area (Å²) in [4.78, 5) is 23.7. The molecule has 1 aromatic heterocycles. The number of benzene rings is 1. The topological polar surface area (TPSA) is 59.3 Å². The molecule has 1 aromatic carbocycles. The molecule has 2 rings (SSSR count). The van der Waals surface area contributed by atoms with Gasteiger partial charge in [0.1, 0.15) is 5.76 Å². The molecule has 4 heteroatoms. The minimum atomic E-state index is -0.216. The van der Waals surface area contributed by atoms with Gasteiger partial charge in [0.25, 0.3) is 5.91 Å².